The normalized spacial score (nSPS) is 22.7. The average Bonchev–Trinajstić information content (AvgIpc) is 4.28. The van der Waals surface area contributed by atoms with E-state index in [0.29, 0.717) is 12.8 Å². The topological polar surface area (TPSA) is 256 Å². The van der Waals surface area contributed by atoms with Gasteiger partial charge in [-0.1, -0.05) is 127 Å². The Morgan fingerprint density at radius 1 is 0.463 bits per heavy atom. The van der Waals surface area contributed by atoms with Crippen LogP contribution in [0.2, 0.25) is 0 Å². The lowest BCUT2D eigenvalue weighted by atomic mass is 9.98. The molecule has 4 saturated heterocycles. The zero-order valence-corrected chi connectivity index (χ0v) is 48.0. The number of benzene rings is 5. The van der Waals surface area contributed by atoms with Gasteiger partial charge in [0.05, 0.1) is 34.0 Å². The first kappa shape index (κ1) is 59.3. The fourth-order valence-corrected chi connectivity index (χ4v) is 14.7. The van der Waals surface area contributed by atoms with Crippen LogP contribution in [0.1, 0.15) is 86.7 Å². The second-order valence-corrected chi connectivity index (χ2v) is 25.3. The summed E-state index contributed by atoms with van der Waals surface area (Å²) in [6.07, 6.45) is 1.54. The summed E-state index contributed by atoms with van der Waals surface area (Å²) >= 11 is 0. The van der Waals surface area contributed by atoms with Crippen LogP contribution in [-0.4, -0.2) is 159 Å². The van der Waals surface area contributed by atoms with E-state index in [1.165, 1.54) is 28.0 Å². The third kappa shape index (κ3) is 12.8. The number of sulfonamides is 2. The maximum absolute atomic E-state index is 15.0. The van der Waals surface area contributed by atoms with E-state index >= 15 is 16.8 Å². The fourth-order valence-electron chi connectivity index (χ4n) is 11.6. The molecule has 6 N–H and O–H groups in total. The lowest BCUT2D eigenvalue weighted by Crippen LogP contribution is -2.62. The van der Waals surface area contributed by atoms with Gasteiger partial charge < -0.3 is 41.7 Å². The predicted octanol–water partition coefficient (Wildman–Crippen LogP) is 3.19. The third-order valence-electron chi connectivity index (χ3n) is 16.4. The maximum atomic E-state index is 15.0. The molecule has 8 atom stereocenters. The molecule has 5 aromatic rings. The molecule has 434 valence electrons. The van der Waals surface area contributed by atoms with E-state index in [0.717, 1.165) is 36.9 Å². The Kier molecular flexibility index (Phi) is 18.7. The Morgan fingerprint density at radius 3 is 1.11 bits per heavy atom. The number of fused-ring (bicyclic) bond motifs is 2. The van der Waals surface area contributed by atoms with Crippen LogP contribution in [0.25, 0.3) is 0 Å². The van der Waals surface area contributed by atoms with Gasteiger partial charge >= 0.3 is 0 Å². The number of likely N-dealkylation sites (N-methyl/N-ethyl adjacent to an activating group) is 2. The zero-order valence-electron chi connectivity index (χ0n) is 46.4. The molecule has 0 radical (unpaired) electrons. The van der Waals surface area contributed by atoms with Crippen molar-refractivity contribution in [1.82, 2.24) is 50.3 Å². The summed E-state index contributed by atoms with van der Waals surface area (Å²) in [7, 11) is -6.13. The molecule has 9 rings (SSSR count). The van der Waals surface area contributed by atoms with E-state index in [1.807, 2.05) is 121 Å². The number of hydrogen-bond donors (Lipinski definition) is 6. The van der Waals surface area contributed by atoms with Crippen LogP contribution in [-0.2, 0) is 48.8 Å². The molecule has 0 bridgehead atoms. The molecule has 0 aliphatic carbocycles. The summed E-state index contributed by atoms with van der Waals surface area (Å²) in [6, 6.07) is 34.0. The van der Waals surface area contributed by atoms with Crippen LogP contribution in [0.15, 0.2) is 155 Å². The van der Waals surface area contributed by atoms with Crippen molar-refractivity contribution in [3.63, 3.8) is 0 Å². The van der Waals surface area contributed by atoms with Crippen molar-refractivity contribution in [2.75, 3.05) is 40.3 Å². The van der Waals surface area contributed by atoms with Gasteiger partial charge in [0.15, 0.2) is 0 Å². The van der Waals surface area contributed by atoms with Crippen LogP contribution in [0.3, 0.4) is 0 Å². The van der Waals surface area contributed by atoms with Crippen molar-refractivity contribution in [3.8, 4) is 0 Å². The van der Waals surface area contributed by atoms with Crippen LogP contribution in [0, 0.1) is 0 Å². The van der Waals surface area contributed by atoms with E-state index in [9.17, 15) is 28.8 Å². The minimum atomic E-state index is -4.63. The van der Waals surface area contributed by atoms with Crippen molar-refractivity contribution in [3.05, 3.63) is 168 Å². The van der Waals surface area contributed by atoms with Crippen LogP contribution >= 0.6 is 0 Å². The first-order valence-electron chi connectivity index (χ1n) is 27.9. The highest BCUT2D eigenvalue weighted by atomic mass is 32.2. The smallest absolute Gasteiger partial charge is 0.247 e. The molecule has 4 aliphatic rings. The molecular weight excluding hydrogens is 1080 g/mol. The first-order chi connectivity index (χ1) is 39.4. The summed E-state index contributed by atoms with van der Waals surface area (Å²) in [4.78, 5) is 88.2. The monoisotopic (exact) mass is 1160 g/mol. The molecular formula is C60H72N10O10S2. The average molecular weight is 1160 g/mol. The van der Waals surface area contributed by atoms with Gasteiger partial charge in [-0.15, -0.1) is 0 Å². The Bertz CT molecular complexity index is 3030. The molecule has 4 fully saturated rings. The number of amides is 6. The lowest BCUT2D eigenvalue weighted by molar-refractivity contribution is -0.144. The standard InChI is InChI=1S/C60H72N10O10S2/c1-39(61-3)55(71)63-49-37-67(34-32-45-28-30-51(69(45)59(49)75)57(73)65-53(41-18-9-5-10-19-41)42-20-11-6-12-21-42)81(77,78)47-26-17-27-48(36-47)82(79,80)68-35-33-46-29-31-52(70(46)60(76)50(38-68)64-56(72)40(2)62-4)58(74)66-54(43-22-13-7-14-23-43)44-24-15-8-16-25-44/h5-27,36,39-40,45-46,49-54,61-62H,28-35,37-38H2,1-4H3,(H,63,71)(H,64,72)(H,65,73)(H,66,74)/t39-,40-,45?,46?,49?,50?,51?,52?/m0/s1. The molecule has 20 nitrogen and oxygen atoms in total. The largest absolute Gasteiger partial charge is 0.343 e. The summed E-state index contributed by atoms with van der Waals surface area (Å²) in [5.41, 5.74) is 3.33. The summed E-state index contributed by atoms with van der Waals surface area (Å²) < 4.78 is 62.2. The van der Waals surface area contributed by atoms with Crippen molar-refractivity contribution in [2.45, 2.75) is 123 Å². The quantitative estimate of drug-likeness (QED) is 0.0740. The first-order valence-corrected chi connectivity index (χ1v) is 30.8. The molecule has 4 aliphatic heterocycles. The SMILES string of the molecule is CN[C@@H](C)C(=O)NC1CN(S(=O)(=O)c2cccc(S(=O)(=O)N3CCC4CCC(C(=O)NC(c5ccccc5)c5ccccc5)N4C(=O)C(NC(=O)[C@H](C)NC)C3)c2)CCC2CCC(C(=O)NC(c3ccccc3)c3ccccc3)N2C1=O. The zero-order chi connectivity index (χ0) is 58.3. The molecule has 0 saturated carbocycles. The molecule has 6 unspecified atom stereocenters. The number of hydrogen-bond acceptors (Lipinski definition) is 12. The van der Waals surface area contributed by atoms with Gasteiger partial charge in [0.1, 0.15) is 24.2 Å². The van der Waals surface area contributed by atoms with Gasteiger partial charge in [0.2, 0.25) is 55.5 Å². The van der Waals surface area contributed by atoms with Gasteiger partial charge in [-0.25, -0.2) is 16.8 Å². The maximum Gasteiger partial charge on any atom is 0.247 e. The van der Waals surface area contributed by atoms with Gasteiger partial charge in [-0.2, -0.15) is 8.61 Å². The third-order valence-corrected chi connectivity index (χ3v) is 20.1. The van der Waals surface area contributed by atoms with Gasteiger partial charge in [0.25, 0.3) is 0 Å². The van der Waals surface area contributed by atoms with Gasteiger partial charge in [-0.05, 0) is 107 Å². The lowest BCUT2D eigenvalue weighted by Gasteiger charge is -2.39. The van der Waals surface area contributed by atoms with Crippen molar-refractivity contribution in [2.24, 2.45) is 0 Å². The van der Waals surface area contributed by atoms with Crippen LogP contribution in [0.4, 0.5) is 0 Å². The van der Waals surface area contributed by atoms with Crippen molar-refractivity contribution < 1.29 is 45.6 Å². The van der Waals surface area contributed by atoms with Crippen LogP contribution in [0.5, 0.6) is 0 Å². The second kappa shape index (κ2) is 25.8. The molecule has 6 amide bonds. The number of nitrogens with one attached hydrogen (secondary N) is 6. The Morgan fingerprint density at radius 2 is 0.793 bits per heavy atom. The Balaban J connectivity index is 0.962. The highest BCUT2D eigenvalue weighted by Gasteiger charge is 2.49. The molecule has 0 spiro atoms. The molecule has 5 aromatic carbocycles. The van der Waals surface area contributed by atoms with E-state index in [2.05, 4.69) is 31.9 Å². The van der Waals surface area contributed by atoms with E-state index < -0.39 is 139 Å². The predicted molar refractivity (Wildman–Crippen MR) is 307 cm³/mol. The number of carbonyl (C=O) groups is 6. The molecule has 0 aromatic heterocycles. The number of nitrogens with zero attached hydrogens (tertiary/aromatic N) is 4. The molecule has 82 heavy (non-hydrogen) atoms. The highest BCUT2D eigenvalue weighted by Crippen LogP contribution is 2.35. The molecule has 4 heterocycles. The van der Waals surface area contributed by atoms with Crippen LogP contribution < -0.4 is 31.9 Å². The summed E-state index contributed by atoms with van der Waals surface area (Å²) in [5, 5.41) is 17.5. The summed E-state index contributed by atoms with van der Waals surface area (Å²) in [6.45, 7) is 1.80. The Labute approximate surface area is 479 Å². The van der Waals surface area contributed by atoms with Gasteiger partial charge in [0, 0.05) is 38.3 Å². The van der Waals surface area contributed by atoms with E-state index in [4.69, 9.17) is 0 Å². The second-order valence-electron chi connectivity index (χ2n) is 21.4. The molecule has 22 heteroatoms. The minimum absolute atomic E-state index is 0.129. The number of carbonyl (C=O) groups excluding carboxylic acids is 6. The summed E-state index contributed by atoms with van der Waals surface area (Å²) in [5.74, 6) is -3.25. The minimum Gasteiger partial charge on any atom is -0.343 e. The fraction of sp³-hybridized carbons (Fsp3) is 0.400. The van der Waals surface area contributed by atoms with Crippen molar-refractivity contribution >= 4 is 55.5 Å². The highest BCUT2D eigenvalue weighted by molar-refractivity contribution is 7.90. The van der Waals surface area contributed by atoms with E-state index in [1.54, 1.807) is 27.9 Å². The Hall–Kier alpha value is -7.34. The van der Waals surface area contributed by atoms with E-state index in [-0.39, 0.29) is 38.8 Å². The number of rotatable bonds is 18. The van der Waals surface area contributed by atoms with Crippen molar-refractivity contribution in [1.29, 1.82) is 0 Å². The van der Waals surface area contributed by atoms with Gasteiger partial charge in [-0.3, -0.25) is 28.8 Å².